The zero-order valence-corrected chi connectivity index (χ0v) is 16.0. The maximum atomic E-state index is 12.7. The van der Waals surface area contributed by atoms with Crippen LogP contribution >= 0.6 is 11.8 Å². The number of amides is 2. The average Bonchev–Trinajstić information content (AvgIpc) is 2.68. The first-order chi connectivity index (χ1) is 13.1. The second-order valence-corrected chi connectivity index (χ2v) is 7.07. The van der Waals surface area contributed by atoms with Crippen LogP contribution in [0.4, 0.5) is 11.4 Å². The molecule has 1 N–H and O–H groups in total. The molecule has 1 heterocycles. The highest BCUT2D eigenvalue weighted by molar-refractivity contribution is 8.15. The Morgan fingerprint density at radius 1 is 1.26 bits per heavy atom. The second kappa shape index (κ2) is 8.73. The number of carbonyl (C=O) groups is 2. The SMILES string of the molecule is CCN1C(=O)CC(C(=O)Nc2cccc(OC)c2)SC1=Nc1ccccc1. The van der Waals surface area contributed by atoms with Crippen molar-refractivity contribution in [3.63, 3.8) is 0 Å². The Bertz CT molecular complexity index is 855. The van der Waals surface area contributed by atoms with Crippen molar-refractivity contribution in [2.45, 2.75) is 18.6 Å². The van der Waals surface area contributed by atoms with E-state index in [1.165, 1.54) is 11.8 Å². The summed E-state index contributed by atoms with van der Waals surface area (Å²) < 4.78 is 5.17. The molecule has 2 aromatic carbocycles. The summed E-state index contributed by atoms with van der Waals surface area (Å²) >= 11 is 1.31. The molecule has 0 aromatic heterocycles. The number of anilines is 1. The Balaban J connectivity index is 1.78. The molecule has 0 saturated carbocycles. The number of rotatable bonds is 5. The Kier molecular flexibility index (Phi) is 6.13. The maximum absolute atomic E-state index is 12.7. The summed E-state index contributed by atoms with van der Waals surface area (Å²) in [6.07, 6.45) is 0.141. The molecule has 1 unspecified atom stereocenters. The zero-order chi connectivity index (χ0) is 19.2. The standard InChI is InChI=1S/C20H21N3O3S/c1-3-23-18(24)13-17(27-20(23)22-14-8-5-4-6-9-14)19(25)21-15-10-7-11-16(12-15)26-2/h4-12,17H,3,13H2,1-2H3,(H,21,25). The molecule has 1 atom stereocenters. The first kappa shape index (κ1) is 19.0. The number of benzene rings is 2. The zero-order valence-electron chi connectivity index (χ0n) is 15.2. The number of hydrogen-bond donors (Lipinski definition) is 1. The number of methoxy groups -OCH3 is 1. The molecule has 2 aromatic rings. The number of nitrogens with one attached hydrogen (secondary N) is 1. The van der Waals surface area contributed by atoms with Crippen LogP contribution in [-0.4, -0.2) is 40.8 Å². The van der Waals surface area contributed by atoms with Gasteiger partial charge in [0.05, 0.1) is 12.8 Å². The normalized spacial score (nSPS) is 18.4. The number of nitrogens with zero attached hydrogens (tertiary/aromatic N) is 2. The van der Waals surface area contributed by atoms with Crippen LogP contribution in [0.25, 0.3) is 0 Å². The first-order valence-corrected chi connectivity index (χ1v) is 9.54. The highest BCUT2D eigenvalue weighted by Gasteiger charge is 2.35. The van der Waals surface area contributed by atoms with E-state index < -0.39 is 5.25 Å². The quantitative estimate of drug-likeness (QED) is 0.855. The molecule has 6 nitrogen and oxygen atoms in total. The van der Waals surface area contributed by atoms with Gasteiger partial charge in [0.1, 0.15) is 11.0 Å². The van der Waals surface area contributed by atoms with Gasteiger partial charge in [0.25, 0.3) is 0 Å². The molecule has 0 aliphatic carbocycles. The van der Waals surface area contributed by atoms with E-state index in [-0.39, 0.29) is 18.2 Å². The summed E-state index contributed by atoms with van der Waals surface area (Å²) in [6.45, 7) is 2.41. The third-order valence-electron chi connectivity index (χ3n) is 4.07. The van der Waals surface area contributed by atoms with E-state index >= 15 is 0 Å². The largest absolute Gasteiger partial charge is 0.497 e. The number of thioether (sulfide) groups is 1. The van der Waals surface area contributed by atoms with Gasteiger partial charge in [-0.15, -0.1) is 0 Å². The average molecular weight is 383 g/mol. The van der Waals surface area contributed by atoms with Gasteiger partial charge < -0.3 is 10.1 Å². The van der Waals surface area contributed by atoms with Crippen molar-refractivity contribution >= 4 is 40.1 Å². The summed E-state index contributed by atoms with van der Waals surface area (Å²) in [7, 11) is 1.57. The van der Waals surface area contributed by atoms with Crippen molar-refractivity contribution in [3.05, 3.63) is 54.6 Å². The van der Waals surface area contributed by atoms with Gasteiger partial charge in [-0.1, -0.05) is 36.0 Å². The van der Waals surface area contributed by atoms with Crippen molar-refractivity contribution in [3.8, 4) is 5.75 Å². The lowest BCUT2D eigenvalue weighted by molar-refractivity contribution is -0.129. The van der Waals surface area contributed by atoms with Crippen molar-refractivity contribution in [1.29, 1.82) is 0 Å². The highest BCUT2D eigenvalue weighted by Crippen LogP contribution is 2.30. The molecule has 1 fully saturated rings. The number of hydrogen-bond acceptors (Lipinski definition) is 5. The van der Waals surface area contributed by atoms with Crippen LogP contribution in [0.2, 0.25) is 0 Å². The van der Waals surface area contributed by atoms with Crippen LogP contribution in [-0.2, 0) is 9.59 Å². The van der Waals surface area contributed by atoms with Gasteiger partial charge in [-0.2, -0.15) is 0 Å². The van der Waals surface area contributed by atoms with Gasteiger partial charge in [0, 0.05) is 24.7 Å². The third kappa shape index (κ3) is 4.68. The van der Waals surface area contributed by atoms with Gasteiger partial charge in [0.2, 0.25) is 11.8 Å². The van der Waals surface area contributed by atoms with E-state index in [1.54, 1.807) is 36.3 Å². The number of aliphatic imine (C=N–C) groups is 1. The molecule has 2 amide bonds. The molecule has 0 spiro atoms. The Morgan fingerprint density at radius 2 is 2.04 bits per heavy atom. The molecule has 0 bridgehead atoms. The Hall–Kier alpha value is -2.80. The molecule has 1 saturated heterocycles. The molecule has 0 radical (unpaired) electrons. The fraction of sp³-hybridized carbons (Fsp3) is 0.250. The van der Waals surface area contributed by atoms with Crippen molar-refractivity contribution in [2.75, 3.05) is 19.0 Å². The summed E-state index contributed by atoms with van der Waals surface area (Å²) in [5.41, 5.74) is 1.38. The van der Waals surface area contributed by atoms with Crippen molar-refractivity contribution in [2.24, 2.45) is 4.99 Å². The lowest BCUT2D eigenvalue weighted by atomic mass is 10.2. The summed E-state index contributed by atoms with van der Waals surface area (Å²) in [5, 5.41) is 2.87. The van der Waals surface area contributed by atoms with Crippen molar-refractivity contribution < 1.29 is 14.3 Å². The van der Waals surface area contributed by atoms with E-state index in [0.717, 1.165) is 5.69 Å². The minimum absolute atomic E-state index is 0.100. The topological polar surface area (TPSA) is 71.0 Å². The predicted octanol–water partition coefficient (Wildman–Crippen LogP) is 3.68. The van der Waals surface area contributed by atoms with Gasteiger partial charge in [-0.25, -0.2) is 4.99 Å². The molecule has 27 heavy (non-hydrogen) atoms. The minimum Gasteiger partial charge on any atom is -0.497 e. The number of amidine groups is 1. The predicted molar refractivity (Wildman–Crippen MR) is 109 cm³/mol. The third-order valence-corrected chi connectivity index (χ3v) is 5.25. The second-order valence-electron chi connectivity index (χ2n) is 5.90. The van der Waals surface area contributed by atoms with E-state index in [2.05, 4.69) is 10.3 Å². The van der Waals surface area contributed by atoms with Crippen molar-refractivity contribution in [1.82, 2.24) is 4.90 Å². The monoisotopic (exact) mass is 383 g/mol. The first-order valence-electron chi connectivity index (χ1n) is 8.66. The molecular weight excluding hydrogens is 362 g/mol. The van der Waals surface area contributed by atoms with E-state index in [1.807, 2.05) is 37.3 Å². The summed E-state index contributed by atoms with van der Waals surface area (Å²) in [4.78, 5) is 31.4. The molecule has 7 heteroatoms. The number of ether oxygens (including phenoxy) is 1. The molecule has 1 aliphatic rings. The minimum atomic E-state index is -0.533. The fourth-order valence-electron chi connectivity index (χ4n) is 2.69. The van der Waals surface area contributed by atoms with Crippen LogP contribution in [0, 0.1) is 0 Å². The van der Waals surface area contributed by atoms with Crippen LogP contribution in [0.3, 0.4) is 0 Å². The highest BCUT2D eigenvalue weighted by atomic mass is 32.2. The Labute approximate surface area is 162 Å². The molecule has 140 valence electrons. The van der Waals surface area contributed by atoms with Gasteiger partial charge in [-0.3, -0.25) is 14.5 Å². The Morgan fingerprint density at radius 3 is 2.74 bits per heavy atom. The summed E-state index contributed by atoms with van der Waals surface area (Å²) in [5.74, 6) is 0.332. The van der Waals surface area contributed by atoms with Gasteiger partial charge in [-0.05, 0) is 31.2 Å². The lowest BCUT2D eigenvalue weighted by Crippen LogP contribution is -2.45. The van der Waals surface area contributed by atoms with E-state index in [4.69, 9.17) is 4.74 Å². The van der Waals surface area contributed by atoms with Crippen LogP contribution < -0.4 is 10.1 Å². The molecular formula is C20H21N3O3S. The van der Waals surface area contributed by atoms with Gasteiger partial charge >= 0.3 is 0 Å². The molecule has 3 rings (SSSR count). The fourth-order valence-corrected chi connectivity index (χ4v) is 3.85. The summed E-state index contributed by atoms with van der Waals surface area (Å²) in [6, 6.07) is 16.5. The van der Waals surface area contributed by atoms with Gasteiger partial charge in [0.15, 0.2) is 5.17 Å². The lowest BCUT2D eigenvalue weighted by Gasteiger charge is -2.30. The smallest absolute Gasteiger partial charge is 0.238 e. The van der Waals surface area contributed by atoms with Crippen LogP contribution in [0.15, 0.2) is 59.6 Å². The van der Waals surface area contributed by atoms with Crippen LogP contribution in [0.5, 0.6) is 5.75 Å². The van der Waals surface area contributed by atoms with E-state index in [9.17, 15) is 9.59 Å². The van der Waals surface area contributed by atoms with Crippen LogP contribution in [0.1, 0.15) is 13.3 Å². The van der Waals surface area contributed by atoms with E-state index in [0.29, 0.717) is 23.1 Å². The molecule has 1 aliphatic heterocycles. The number of para-hydroxylation sites is 1. The maximum Gasteiger partial charge on any atom is 0.238 e. The number of carbonyl (C=O) groups excluding carboxylic acids is 2.